The molecule has 6 nitrogen and oxygen atoms in total. The average Bonchev–Trinajstić information content (AvgIpc) is 2.87. The maximum absolute atomic E-state index is 14.0. The first-order chi connectivity index (χ1) is 13.0. The van der Waals surface area contributed by atoms with Gasteiger partial charge in [0, 0.05) is 51.4 Å². The zero-order chi connectivity index (χ0) is 19.4. The molecule has 3 rings (SSSR count). The fourth-order valence-corrected chi connectivity index (χ4v) is 3.94. The Morgan fingerprint density at radius 1 is 1.26 bits per heavy atom. The Kier molecular flexibility index (Phi) is 6.68. The molecule has 2 heterocycles. The first-order valence-electron chi connectivity index (χ1n) is 9.27. The van der Waals surface area contributed by atoms with Crippen LogP contribution in [0.5, 0.6) is 0 Å². The van der Waals surface area contributed by atoms with Crippen LogP contribution in [-0.2, 0) is 9.53 Å². The van der Waals surface area contributed by atoms with Crippen molar-refractivity contribution in [2.75, 3.05) is 53.0 Å². The fourth-order valence-electron chi connectivity index (χ4n) is 3.77. The molecule has 148 valence electrons. The van der Waals surface area contributed by atoms with Gasteiger partial charge in [-0.3, -0.25) is 14.5 Å². The summed E-state index contributed by atoms with van der Waals surface area (Å²) in [5.41, 5.74) is -0.00127. The van der Waals surface area contributed by atoms with Crippen molar-refractivity contribution in [2.24, 2.45) is 0 Å². The van der Waals surface area contributed by atoms with E-state index in [-0.39, 0.29) is 23.4 Å². The summed E-state index contributed by atoms with van der Waals surface area (Å²) in [6.07, 6.45) is 1.54. The minimum atomic E-state index is -0.565. The average molecular weight is 398 g/mol. The smallest absolute Gasteiger partial charge is 0.256 e. The number of ether oxygens (including phenoxy) is 1. The lowest BCUT2D eigenvalue weighted by molar-refractivity contribution is -0.132. The Morgan fingerprint density at radius 2 is 2.07 bits per heavy atom. The zero-order valence-corrected chi connectivity index (χ0v) is 16.3. The van der Waals surface area contributed by atoms with Crippen LogP contribution < -0.4 is 0 Å². The van der Waals surface area contributed by atoms with Crippen LogP contribution in [0.1, 0.15) is 23.2 Å². The minimum Gasteiger partial charge on any atom is -0.383 e. The van der Waals surface area contributed by atoms with Gasteiger partial charge in [0.25, 0.3) is 5.91 Å². The van der Waals surface area contributed by atoms with E-state index < -0.39 is 5.82 Å². The summed E-state index contributed by atoms with van der Waals surface area (Å²) in [5, 5.41) is 0.337. The highest BCUT2D eigenvalue weighted by Gasteiger charge is 2.36. The molecule has 1 atom stereocenters. The quantitative estimate of drug-likeness (QED) is 0.761. The largest absolute Gasteiger partial charge is 0.383 e. The lowest BCUT2D eigenvalue weighted by Crippen LogP contribution is -2.44. The van der Waals surface area contributed by atoms with Gasteiger partial charge in [-0.2, -0.15) is 0 Å². The molecule has 2 aliphatic heterocycles. The minimum absolute atomic E-state index is 0.00127. The molecular formula is C19H25ClFN3O3. The topological polar surface area (TPSA) is 53.1 Å². The van der Waals surface area contributed by atoms with Gasteiger partial charge in [-0.15, -0.1) is 0 Å². The number of halogens is 2. The van der Waals surface area contributed by atoms with Crippen LogP contribution >= 0.6 is 11.6 Å². The Morgan fingerprint density at radius 3 is 2.85 bits per heavy atom. The molecule has 0 aliphatic carbocycles. The normalized spacial score (nSPS) is 21.6. The summed E-state index contributed by atoms with van der Waals surface area (Å²) in [7, 11) is 1.63. The number of nitrogens with zero attached hydrogens (tertiary/aromatic N) is 3. The van der Waals surface area contributed by atoms with Crippen LogP contribution in [0.25, 0.3) is 0 Å². The number of carbonyl (C=O) groups excluding carboxylic acids is 2. The van der Waals surface area contributed by atoms with E-state index in [1.807, 2.05) is 4.90 Å². The second-order valence-electron chi connectivity index (χ2n) is 6.93. The van der Waals surface area contributed by atoms with Gasteiger partial charge >= 0.3 is 0 Å². The molecule has 2 aliphatic rings. The number of methoxy groups -OCH3 is 1. The fraction of sp³-hybridized carbons (Fsp3) is 0.579. The van der Waals surface area contributed by atoms with Crippen LogP contribution in [0.15, 0.2) is 18.2 Å². The third kappa shape index (κ3) is 4.59. The molecule has 27 heavy (non-hydrogen) atoms. The van der Waals surface area contributed by atoms with Crippen LogP contribution in [0.4, 0.5) is 4.39 Å². The molecule has 1 aromatic carbocycles. The van der Waals surface area contributed by atoms with Gasteiger partial charge in [-0.1, -0.05) is 11.6 Å². The van der Waals surface area contributed by atoms with Gasteiger partial charge in [0.15, 0.2) is 0 Å². The molecule has 1 aromatic rings. The Labute approximate surface area is 163 Å². The molecule has 0 bridgehead atoms. The summed E-state index contributed by atoms with van der Waals surface area (Å²) in [4.78, 5) is 31.0. The molecule has 0 N–H and O–H groups in total. The number of hydrogen-bond donors (Lipinski definition) is 0. The molecule has 0 radical (unpaired) electrons. The predicted molar refractivity (Wildman–Crippen MR) is 100 cm³/mol. The van der Waals surface area contributed by atoms with Crippen LogP contribution in [-0.4, -0.2) is 85.5 Å². The number of carbonyl (C=O) groups is 2. The molecule has 0 spiro atoms. The standard InChI is InChI=1S/C19H25ClFN3O3/c1-27-12-11-24-8-5-17(19(24)26)22-6-2-7-23(10-9-22)18(25)15-13-14(20)3-4-16(15)21/h3-4,13,17H,2,5-12H2,1H3/t17-/m0/s1. The first-order valence-corrected chi connectivity index (χ1v) is 9.65. The van der Waals surface area contributed by atoms with E-state index in [9.17, 15) is 14.0 Å². The van der Waals surface area contributed by atoms with Crippen molar-refractivity contribution in [2.45, 2.75) is 18.9 Å². The molecule has 2 amide bonds. The summed E-state index contributed by atoms with van der Waals surface area (Å²) in [5.74, 6) is -0.783. The van der Waals surface area contributed by atoms with Crippen molar-refractivity contribution in [1.82, 2.24) is 14.7 Å². The molecule has 8 heteroatoms. The van der Waals surface area contributed by atoms with E-state index in [0.717, 1.165) is 25.9 Å². The second kappa shape index (κ2) is 8.99. The maximum Gasteiger partial charge on any atom is 0.256 e. The molecule has 0 saturated carbocycles. The number of hydrogen-bond acceptors (Lipinski definition) is 4. The van der Waals surface area contributed by atoms with Crippen molar-refractivity contribution in [3.8, 4) is 0 Å². The Bertz CT molecular complexity index is 703. The SMILES string of the molecule is COCCN1CC[C@H](N2CCCN(C(=O)c3cc(Cl)ccc3F)CC2)C1=O. The van der Waals surface area contributed by atoms with Gasteiger partial charge in [0.2, 0.25) is 5.91 Å². The van der Waals surface area contributed by atoms with Crippen LogP contribution in [0, 0.1) is 5.82 Å². The van der Waals surface area contributed by atoms with Crippen LogP contribution in [0.3, 0.4) is 0 Å². The Balaban J connectivity index is 1.61. The van der Waals surface area contributed by atoms with Gasteiger partial charge < -0.3 is 14.5 Å². The lowest BCUT2D eigenvalue weighted by Gasteiger charge is -2.26. The van der Waals surface area contributed by atoms with Crippen LogP contribution in [0.2, 0.25) is 5.02 Å². The number of rotatable bonds is 5. The highest BCUT2D eigenvalue weighted by molar-refractivity contribution is 6.31. The first kappa shape index (κ1) is 20.0. The highest BCUT2D eigenvalue weighted by Crippen LogP contribution is 2.21. The number of amides is 2. The van der Waals surface area contributed by atoms with Crippen molar-refractivity contribution in [3.05, 3.63) is 34.6 Å². The predicted octanol–water partition coefficient (Wildman–Crippen LogP) is 1.87. The number of benzene rings is 1. The van der Waals surface area contributed by atoms with E-state index in [1.165, 1.54) is 18.2 Å². The van der Waals surface area contributed by atoms with Crippen molar-refractivity contribution in [1.29, 1.82) is 0 Å². The molecule has 2 saturated heterocycles. The van der Waals surface area contributed by atoms with Gasteiger partial charge in [-0.05, 0) is 31.0 Å². The zero-order valence-electron chi connectivity index (χ0n) is 15.5. The molecule has 2 fully saturated rings. The Hall–Kier alpha value is -1.70. The lowest BCUT2D eigenvalue weighted by atomic mass is 10.2. The van der Waals surface area contributed by atoms with Crippen molar-refractivity contribution in [3.63, 3.8) is 0 Å². The van der Waals surface area contributed by atoms with Crippen molar-refractivity contribution >= 4 is 23.4 Å². The monoisotopic (exact) mass is 397 g/mol. The van der Waals surface area contributed by atoms with Crippen molar-refractivity contribution < 1.29 is 18.7 Å². The van der Waals surface area contributed by atoms with E-state index in [1.54, 1.807) is 12.0 Å². The summed E-state index contributed by atoms with van der Waals surface area (Å²) in [6, 6.07) is 3.88. The van der Waals surface area contributed by atoms with E-state index in [0.29, 0.717) is 37.8 Å². The van der Waals surface area contributed by atoms with E-state index >= 15 is 0 Å². The third-order valence-corrected chi connectivity index (χ3v) is 5.49. The van der Waals surface area contributed by atoms with E-state index in [4.69, 9.17) is 16.3 Å². The van der Waals surface area contributed by atoms with E-state index in [2.05, 4.69) is 4.90 Å². The van der Waals surface area contributed by atoms with Gasteiger partial charge in [-0.25, -0.2) is 4.39 Å². The number of likely N-dealkylation sites (tertiary alicyclic amines) is 1. The summed E-state index contributed by atoms with van der Waals surface area (Å²) < 4.78 is 19.1. The molecule has 0 aromatic heterocycles. The second-order valence-corrected chi connectivity index (χ2v) is 7.36. The summed E-state index contributed by atoms with van der Waals surface area (Å²) in [6.45, 7) is 4.23. The van der Waals surface area contributed by atoms with Gasteiger partial charge in [0.05, 0.1) is 18.2 Å². The summed E-state index contributed by atoms with van der Waals surface area (Å²) >= 11 is 5.91. The molecular weight excluding hydrogens is 373 g/mol. The highest BCUT2D eigenvalue weighted by atomic mass is 35.5. The van der Waals surface area contributed by atoms with Gasteiger partial charge in [0.1, 0.15) is 5.82 Å². The molecule has 0 unspecified atom stereocenters. The maximum atomic E-state index is 14.0. The third-order valence-electron chi connectivity index (χ3n) is 5.25.